The van der Waals surface area contributed by atoms with E-state index in [-0.39, 0.29) is 5.91 Å². The summed E-state index contributed by atoms with van der Waals surface area (Å²) in [7, 11) is 3.58. The number of anilines is 1. The van der Waals surface area contributed by atoms with Crippen molar-refractivity contribution in [1.82, 2.24) is 20.1 Å². The highest BCUT2D eigenvalue weighted by molar-refractivity contribution is 7.99. The van der Waals surface area contributed by atoms with Gasteiger partial charge in [0.25, 0.3) is 0 Å². The van der Waals surface area contributed by atoms with Gasteiger partial charge in [0.2, 0.25) is 5.91 Å². The number of amides is 1. The first-order valence-corrected chi connectivity index (χ1v) is 11.8. The van der Waals surface area contributed by atoms with Crippen LogP contribution < -0.4 is 15.0 Å². The Morgan fingerprint density at radius 1 is 1.06 bits per heavy atom. The van der Waals surface area contributed by atoms with E-state index in [2.05, 4.69) is 58.5 Å². The van der Waals surface area contributed by atoms with Crippen LogP contribution >= 0.6 is 11.8 Å². The molecule has 1 aromatic heterocycles. The van der Waals surface area contributed by atoms with Gasteiger partial charge in [-0.1, -0.05) is 23.9 Å². The zero-order chi connectivity index (χ0) is 22.9. The van der Waals surface area contributed by atoms with Crippen molar-refractivity contribution in [2.45, 2.75) is 25.4 Å². The van der Waals surface area contributed by atoms with Crippen molar-refractivity contribution in [2.75, 3.05) is 37.4 Å². The quantitative estimate of drug-likeness (QED) is 0.446. The number of nitrogens with one attached hydrogen (secondary N) is 1. The van der Waals surface area contributed by atoms with Crippen LogP contribution in [0.1, 0.15) is 19.4 Å². The van der Waals surface area contributed by atoms with E-state index in [1.54, 1.807) is 7.11 Å². The van der Waals surface area contributed by atoms with Crippen molar-refractivity contribution in [3.05, 3.63) is 54.1 Å². The van der Waals surface area contributed by atoms with Crippen LogP contribution in [0.2, 0.25) is 0 Å². The van der Waals surface area contributed by atoms with Crippen LogP contribution in [0.25, 0.3) is 11.4 Å². The van der Waals surface area contributed by atoms with Crippen LogP contribution in [-0.2, 0) is 18.3 Å². The van der Waals surface area contributed by atoms with Crippen LogP contribution in [0.3, 0.4) is 0 Å². The van der Waals surface area contributed by atoms with Crippen molar-refractivity contribution in [3.8, 4) is 17.1 Å². The minimum atomic E-state index is -0.0170. The number of hydrogen-bond acceptors (Lipinski definition) is 6. The second kappa shape index (κ2) is 11.6. The lowest BCUT2D eigenvalue weighted by Gasteiger charge is -2.21. The van der Waals surface area contributed by atoms with Crippen molar-refractivity contribution in [1.29, 1.82) is 0 Å². The third kappa shape index (κ3) is 6.03. The van der Waals surface area contributed by atoms with Gasteiger partial charge in [-0.2, -0.15) is 0 Å². The Labute approximate surface area is 194 Å². The fourth-order valence-electron chi connectivity index (χ4n) is 3.42. The maximum atomic E-state index is 12.2. The third-order valence-corrected chi connectivity index (χ3v) is 6.34. The largest absolute Gasteiger partial charge is 0.497 e. The van der Waals surface area contributed by atoms with Gasteiger partial charge < -0.3 is 19.5 Å². The molecule has 2 aromatic carbocycles. The van der Waals surface area contributed by atoms with Crippen LogP contribution in [0.4, 0.5) is 5.69 Å². The maximum absolute atomic E-state index is 12.2. The molecule has 0 saturated carbocycles. The molecule has 3 aromatic rings. The number of methoxy groups -OCH3 is 1. The molecule has 7 nitrogen and oxygen atoms in total. The Hall–Kier alpha value is -3.00. The SMILES string of the molecule is CCN(CC)c1ccc(-c2nnc(SCC(=O)NCCc3ccc(OC)cc3)n2C)cc1. The van der Waals surface area contributed by atoms with Gasteiger partial charge in [-0.15, -0.1) is 10.2 Å². The van der Waals surface area contributed by atoms with Crippen LogP contribution in [0.15, 0.2) is 53.7 Å². The number of carbonyl (C=O) groups is 1. The molecular weight excluding hydrogens is 422 g/mol. The Bertz CT molecular complexity index is 998. The number of aromatic nitrogens is 3. The molecule has 0 aliphatic rings. The topological polar surface area (TPSA) is 72.3 Å². The van der Waals surface area contributed by atoms with E-state index in [0.29, 0.717) is 12.3 Å². The summed E-state index contributed by atoms with van der Waals surface area (Å²) in [6.45, 7) is 6.85. The van der Waals surface area contributed by atoms with Crippen LogP contribution in [0.5, 0.6) is 5.75 Å². The summed E-state index contributed by atoms with van der Waals surface area (Å²) in [5, 5.41) is 12.3. The number of hydrogen-bond donors (Lipinski definition) is 1. The van der Waals surface area contributed by atoms with Gasteiger partial charge in [-0.05, 0) is 62.2 Å². The van der Waals surface area contributed by atoms with E-state index in [0.717, 1.165) is 47.4 Å². The van der Waals surface area contributed by atoms with E-state index in [9.17, 15) is 4.79 Å². The minimum Gasteiger partial charge on any atom is -0.497 e. The first-order chi connectivity index (χ1) is 15.5. The molecule has 0 fully saturated rings. The number of rotatable bonds is 11. The first-order valence-electron chi connectivity index (χ1n) is 10.8. The third-order valence-electron chi connectivity index (χ3n) is 5.32. The molecule has 0 spiro atoms. The number of carbonyl (C=O) groups excluding carboxylic acids is 1. The Kier molecular flexibility index (Phi) is 8.56. The first kappa shape index (κ1) is 23.7. The number of thioether (sulfide) groups is 1. The molecule has 0 atom stereocenters. The molecule has 0 aliphatic heterocycles. The molecule has 0 bridgehead atoms. The minimum absolute atomic E-state index is 0.0170. The number of ether oxygens (including phenoxy) is 1. The lowest BCUT2D eigenvalue weighted by atomic mass is 10.1. The Balaban J connectivity index is 1.50. The normalized spacial score (nSPS) is 10.8. The lowest BCUT2D eigenvalue weighted by Crippen LogP contribution is -2.27. The zero-order valence-electron chi connectivity index (χ0n) is 19.2. The van der Waals surface area contributed by atoms with Crippen molar-refractivity contribution in [3.63, 3.8) is 0 Å². The summed E-state index contributed by atoms with van der Waals surface area (Å²) >= 11 is 1.39. The summed E-state index contributed by atoms with van der Waals surface area (Å²) in [6, 6.07) is 16.2. The summed E-state index contributed by atoms with van der Waals surface area (Å²) in [4.78, 5) is 14.5. The zero-order valence-corrected chi connectivity index (χ0v) is 20.0. The fourth-order valence-corrected chi connectivity index (χ4v) is 4.16. The lowest BCUT2D eigenvalue weighted by molar-refractivity contribution is -0.118. The molecule has 170 valence electrons. The van der Waals surface area contributed by atoms with E-state index in [4.69, 9.17) is 4.74 Å². The molecule has 0 aliphatic carbocycles. The summed E-state index contributed by atoms with van der Waals surface area (Å²) in [6.07, 6.45) is 0.776. The van der Waals surface area contributed by atoms with Gasteiger partial charge in [0.15, 0.2) is 11.0 Å². The highest BCUT2D eigenvalue weighted by atomic mass is 32.2. The second-order valence-electron chi connectivity index (χ2n) is 7.32. The Morgan fingerprint density at radius 2 is 1.75 bits per heavy atom. The molecule has 0 radical (unpaired) electrons. The van der Waals surface area contributed by atoms with Crippen LogP contribution in [0, 0.1) is 0 Å². The summed E-state index contributed by atoms with van der Waals surface area (Å²) < 4.78 is 7.09. The number of nitrogens with zero attached hydrogens (tertiary/aromatic N) is 4. The standard InChI is InChI=1S/C24H31N5O2S/c1-5-29(6-2)20-11-9-19(10-12-20)23-26-27-24(28(23)3)32-17-22(30)25-16-15-18-7-13-21(31-4)14-8-18/h7-14H,5-6,15-17H2,1-4H3,(H,25,30). The van der Waals surface area contributed by atoms with Crippen molar-refractivity contribution in [2.24, 2.45) is 7.05 Å². The predicted molar refractivity (Wildman–Crippen MR) is 130 cm³/mol. The summed E-state index contributed by atoms with van der Waals surface area (Å²) in [5.41, 5.74) is 3.36. The molecule has 1 heterocycles. The van der Waals surface area contributed by atoms with E-state index in [1.807, 2.05) is 35.9 Å². The van der Waals surface area contributed by atoms with Gasteiger partial charge >= 0.3 is 0 Å². The molecule has 1 N–H and O–H groups in total. The van der Waals surface area contributed by atoms with Gasteiger partial charge in [-0.3, -0.25) is 4.79 Å². The van der Waals surface area contributed by atoms with Gasteiger partial charge in [0.05, 0.1) is 12.9 Å². The summed E-state index contributed by atoms with van der Waals surface area (Å²) in [5.74, 6) is 1.90. The van der Waals surface area contributed by atoms with E-state index in [1.165, 1.54) is 17.4 Å². The van der Waals surface area contributed by atoms with Gasteiger partial charge in [0, 0.05) is 37.9 Å². The predicted octanol–water partition coefficient (Wildman–Crippen LogP) is 3.79. The van der Waals surface area contributed by atoms with E-state index < -0.39 is 0 Å². The molecule has 3 rings (SSSR count). The highest BCUT2D eigenvalue weighted by Crippen LogP contribution is 2.25. The molecule has 1 amide bonds. The maximum Gasteiger partial charge on any atom is 0.230 e. The van der Waals surface area contributed by atoms with Crippen LogP contribution in [-0.4, -0.2) is 53.2 Å². The van der Waals surface area contributed by atoms with E-state index >= 15 is 0 Å². The van der Waals surface area contributed by atoms with Crippen molar-refractivity contribution >= 4 is 23.4 Å². The van der Waals surface area contributed by atoms with Gasteiger partial charge in [0.1, 0.15) is 5.75 Å². The molecular formula is C24H31N5O2S. The molecule has 32 heavy (non-hydrogen) atoms. The molecule has 0 unspecified atom stereocenters. The molecule has 0 saturated heterocycles. The average molecular weight is 454 g/mol. The number of benzene rings is 2. The smallest absolute Gasteiger partial charge is 0.230 e. The fraction of sp³-hybridized carbons (Fsp3) is 0.375. The molecule has 8 heteroatoms. The Morgan fingerprint density at radius 3 is 2.38 bits per heavy atom. The monoisotopic (exact) mass is 453 g/mol. The average Bonchev–Trinajstić information content (AvgIpc) is 3.19. The van der Waals surface area contributed by atoms with Gasteiger partial charge in [-0.25, -0.2) is 0 Å². The highest BCUT2D eigenvalue weighted by Gasteiger charge is 2.13. The van der Waals surface area contributed by atoms with Crippen molar-refractivity contribution < 1.29 is 9.53 Å². The second-order valence-corrected chi connectivity index (χ2v) is 8.26.